The van der Waals surface area contributed by atoms with Crippen LogP contribution in [0.2, 0.25) is 0 Å². The van der Waals surface area contributed by atoms with Crippen molar-refractivity contribution >= 4 is 23.2 Å². The fraction of sp³-hybridized carbons (Fsp3) is 0.259. The van der Waals surface area contributed by atoms with Gasteiger partial charge in [0.2, 0.25) is 5.91 Å². The molecule has 4 rings (SSSR count). The van der Waals surface area contributed by atoms with Crippen LogP contribution in [0.5, 0.6) is 0 Å². The van der Waals surface area contributed by atoms with Crippen molar-refractivity contribution in [1.82, 2.24) is 0 Å². The topological polar surface area (TPSA) is 40.6 Å². The third-order valence-electron chi connectivity index (χ3n) is 6.00. The number of amides is 2. The van der Waals surface area contributed by atoms with Crippen LogP contribution in [0.4, 0.5) is 20.2 Å². The van der Waals surface area contributed by atoms with Gasteiger partial charge in [-0.1, -0.05) is 63.2 Å². The van der Waals surface area contributed by atoms with Crippen molar-refractivity contribution in [2.24, 2.45) is 0 Å². The standard InChI is InChI=1S/C27H26F2N2O2/c1-17-25(32)30(16-18-12-14-19(15-13-18)27(2,3)4)22-10-5-6-11-23(22)31(17)26(33)24-20(28)8-7-9-21(24)29/h5-15,17H,16H2,1-4H3/t17-/m0/s1. The van der Waals surface area contributed by atoms with E-state index in [-0.39, 0.29) is 11.3 Å². The molecular weight excluding hydrogens is 422 g/mol. The van der Waals surface area contributed by atoms with E-state index in [9.17, 15) is 18.4 Å². The maximum atomic E-state index is 14.4. The predicted molar refractivity (Wildman–Crippen MR) is 125 cm³/mol. The number of hydrogen-bond donors (Lipinski definition) is 0. The third kappa shape index (κ3) is 4.13. The van der Waals surface area contributed by atoms with Gasteiger partial charge in [0.1, 0.15) is 23.2 Å². The van der Waals surface area contributed by atoms with Gasteiger partial charge >= 0.3 is 0 Å². The summed E-state index contributed by atoms with van der Waals surface area (Å²) in [5.74, 6) is -3.12. The molecule has 0 unspecified atom stereocenters. The lowest BCUT2D eigenvalue weighted by Crippen LogP contribution is -2.54. The van der Waals surface area contributed by atoms with Gasteiger partial charge in [-0.25, -0.2) is 8.78 Å². The van der Waals surface area contributed by atoms with E-state index >= 15 is 0 Å². The lowest BCUT2D eigenvalue weighted by Gasteiger charge is -2.40. The average Bonchev–Trinajstić information content (AvgIpc) is 2.76. The number of anilines is 2. The number of fused-ring (bicyclic) bond motifs is 1. The third-order valence-corrected chi connectivity index (χ3v) is 6.00. The smallest absolute Gasteiger partial charge is 0.265 e. The minimum Gasteiger partial charge on any atom is -0.304 e. The maximum absolute atomic E-state index is 14.4. The van der Waals surface area contributed by atoms with Crippen LogP contribution >= 0.6 is 0 Å². The first-order valence-electron chi connectivity index (χ1n) is 10.9. The van der Waals surface area contributed by atoms with E-state index in [4.69, 9.17) is 0 Å². The predicted octanol–water partition coefficient (Wildman–Crippen LogP) is 5.84. The number of para-hydroxylation sites is 2. The molecule has 0 N–H and O–H groups in total. The van der Waals surface area contributed by atoms with E-state index in [1.165, 1.54) is 16.5 Å². The van der Waals surface area contributed by atoms with Crippen molar-refractivity contribution in [1.29, 1.82) is 0 Å². The van der Waals surface area contributed by atoms with E-state index in [0.29, 0.717) is 17.9 Å². The van der Waals surface area contributed by atoms with Crippen molar-refractivity contribution in [3.8, 4) is 0 Å². The van der Waals surface area contributed by atoms with Gasteiger partial charge in [-0.2, -0.15) is 0 Å². The highest BCUT2D eigenvalue weighted by molar-refractivity contribution is 6.17. The second-order valence-corrected chi connectivity index (χ2v) is 9.31. The van der Waals surface area contributed by atoms with Gasteiger partial charge < -0.3 is 4.90 Å². The number of carbonyl (C=O) groups excluding carboxylic acids is 2. The van der Waals surface area contributed by atoms with Crippen LogP contribution < -0.4 is 9.80 Å². The fourth-order valence-electron chi connectivity index (χ4n) is 4.12. The summed E-state index contributed by atoms with van der Waals surface area (Å²) in [5.41, 5.74) is 2.43. The molecule has 33 heavy (non-hydrogen) atoms. The summed E-state index contributed by atoms with van der Waals surface area (Å²) in [7, 11) is 0. The van der Waals surface area contributed by atoms with Crippen LogP contribution in [0.25, 0.3) is 0 Å². The maximum Gasteiger partial charge on any atom is 0.265 e. The molecule has 0 aromatic heterocycles. The van der Waals surface area contributed by atoms with Gasteiger partial charge in [-0.05, 0) is 47.7 Å². The Balaban J connectivity index is 1.72. The highest BCUT2D eigenvalue weighted by Gasteiger charge is 2.40. The highest BCUT2D eigenvalue weighted by Crippen LogP contribution is 2.38. The molecule has 0 fully saturated rings. The van der Waals surface area contributed by atoms with Gasteiger partial charge in [-0.3, -0.25) is 14.5 Å². The SMILES string of the molecule is C[C@H]1C(=O)N(Cc2ccc(C(C)(C)C)cc2)c2ccccc2N1C(=O)c1c(F)cccc1F. The zero-order valence-corrected chi connectivity index (χ0v) is 19.1. The summed E-state index contributed by atoms with van der Waals surface area (Å²) in [4.78, 5) is 29.4. The summed E-state index contributed by atoms with van der Waals surface area (Å²) in [6.07, 6.45) is 0. The summed E-state index contributed by atoms with van der Waals surface area (Å²) >= 11 is 0. The zero-order chi connectivity index (χ0) is 23.9. The quantitative estimate of drug-likeness (QED) is 0.505. The molecule has 0 aliphatic carbocycles. The molecule has 3 aromatic carbocycles. The lowest BCUT2D eigenvalue weighted by molar-refractivity contribution is -0.119. The van der Waals surface area contributed by atoms with Crippen LogP contribution in [-0.4, -0.2) is 17.9 Å². The fourth-order valence-corrected chi connectivity index (χ4v) is 4.12. The van der Waals surface area contributed by atoms with E-state index in [1.807, 2.05) is 12.1 Å². The molecule has 0 saturated heterocycles. The Labute approximate surface area is 192 Å². The van der Waals surface area contributed by atoms with Crippen LogP contribution in [0.15, 0.2) is 66.7 Å². The van der Waals surface area contributed by atoms with Gasteiger partial charge in [-0.15, -0.1) is 0 Å². The Morgan fingerprint density at radius 3 is 2.03 bits per heavy atom. The van der Waals surface area contributed by atoms with Crippen molar-refractivity contribution in [2.75, 3.05) is 9.80 Å². The molecule has 1 atom stereocenters. The lowest BCUT2D eigenvalue weighted by atomic mass is 9.86. The van der Waals surface area contributed by atoms with Crippen LogP contribution in [-0.2, 0) is 16.8 Å². The largest absolute Gasteiger partial charge is 0.304 e. The van der Waals surface area contributed by atoms with E-state index < -0.39 is 29.1 Å². The molecule has 0 spiro atoms. The van der Waals surface area contributed by atoms with Gasteiger partial charge in [0.05, 0.1) is 17.9 Å². The van der Waals surface area contributed by atoms with E-state index in [1.54, 1.807) is 36.1 Å². The second kappa shape index (κ2) is 8.43. The Kier molecular flexibility index (Phi) is 5.78. The van der Waals surface area contributed by atoms with E-state index in [0.717, 1.165) is 17.7 Å². The molecule has 1 aliphatic heterocycles. The Morgan fingerprint density at radius 2 is 1.45 bits per heavy atom. The first kappa shape index (κ1) is 22.6. The number of halogens is 2. The van der Waals surface area contributed by atoms with Crippen LogP contribution in [0, 0.1) is 11.6 Å². The molecule has 1 aliphatic rings. The highest BCUT2D eigenvalue weighted by atomic mass is 19.1. The van der Waals surface area contributed by atoms with Crippen LogP contribution in [0.1, 0.15) is 49.2 Å². The summed E-state index contributed by atoms with van der Waals surface area (Å²) in [6, 6.07) is 17.4. The minimum atomic E-state index is -0.960. The average molecular weight is 449 g/mol. The molecule has 3 aromatic rings. The summed E-state index contributed by atoms with van der Waals surface area (Å²) < 4.78 is 28.7. The van der Waals surface area contributed by atoms with Crippen molar-refractivity contribution in [2.45, 2.75) is 45.7 Å². The van der Waals surface area contributed by atoms with E-state index in [2.05, 4.69) is 32.9 Å². The molecule has 1 heterocycles. The molecule has 0 bridgehead atoms. The molecule has 0 radical (unpaired) electrons. The number of carbonyl (C=O) groups is 2. The first-order chi connectivity index (χ1) is 15.6. The first-order valence-corrected chi connectivity index (χ1v) is 10.9. The number of nitrogens with zero attached hydrogens (tertiary/aromatic N) is 2. The molecule has 2 amide bonds. The molecule has 4 nitrogen and oxygen atoms in total. The minimum absolute atomic E-state index is 0.0173. The normalized spacial score (nSPS) is 16.1. The van der Waals surface area contributed by atoms with Crippen molar-refractivity contribution in [3.63, 3.8) is 0 Å². The Hall–Kier alpha value is -3.54. The van der Waals surface area contributed by atoms with Gasteiger partial charge in [0, 0.05) is 0 Å². The van der Waals surface area contributed by atoms with Crippen molar-refractivity contribution < 1.29 is 18.4 Å². The monoisotopic (exact) mass is 448 g/mol. The Morgan fingerprint density at radius 1 is 0.879 bits per heavy atom. The van der Waals surface area contributed by atoms with Gasteiger partial charge in [0.15, 0.2) is 0 Å². The summed E-state index contributed by atoms with van der Waals surface area (Å²) in [5, 5.41) is 0. The second-order valence-electron chi connectivity index (χ2n) is 9.31. The number of rotatable bonds is 3. The number of benzene rings is 3. The number of hydrogen-bond acceptors (Lipinski definition) is 2. The zero-order valence-electron chi connectivity index (χ0n) is 19.1. The van der Waals surface area contributed by atoms with Gasteiger partial charge in [0.25, 0.3) is 5.91 Å². The summed E-state index contributed by atoms with van der Waals surface area (Å²) in [6.45, 7) is 8.31. The molecular formula is C27H26F2N2O2. The van der Waals surface area contributed by atoms with Crippen molar-refractivity contribution in [3.05, 3.63) is 95.1 Å². The molecule has 6 heteroatoms. The molecule has 170 valence electrons. The molecule has 0 saturated carbocycles. The van der Waals surface area contributed by atoms with Crippen LogP contribution in [0.3, 0.4) is 0 Å². The Bertz CT molecular complexity index is 1200.